The maximum atomic E-state index is 10.3. The van der Waals surface area contributed by atoms with Crippen molar-refractivity contribution in [3.05, 3.63) is 81.8 Å². The maximum absolute atomic E-state index is 10.3. The summed E-state index contributed by atoms with van der Waals surface area (Å²) in [5.74, 6) is -0.00863. The van der Waals surface area contributed by atoms with Crippen LogP contribution in [0.15, 0.2) is 65.8 Å². The summed E-state index contributed by atoms with van der Waals surface area (Å²) in [5.41, 5.74) is 8.20. The quantitative estimate of drug-likeness (QED) is 0.492. The number of benzene rings is 3. The zero-order chi connectivity index (χ0) is 20.0. The number of phenols is 1. The van der Waals surface area contributed by atoms with E-state index in [4.69, 9.17) is 23.2 Å². The summed E-state index contributed by atoms with van der Waals surface area (Å²) in [6.07, 6.45) is 0.607. The molecule has 4 aromatic rings. The van der Waals surface area contributed by atoms with Crippen LogP contribution < -0.4 is 5.43 Å². The molecule has 1 atom stereocenters. The van der Waals surface area contributed by atoms with Crippen LogP contribution in [0.1, 0.15) is 23.6 Å². The topological polar surface area (TPSA) is 75.3 Å². The summed E-state index contributed by atoms with van der Waals surface area (Å²) in [7, 11) is 0. The van der Waals surface area contributed by atoms with Gasteiger partial charge in [0.15, 0.2) is 0 Å². The fourth-order valence-electron chi connectivity index (χ4n) is 3.50. The Bertz CT molecular complexity index is 1250. The normalized spacial score (nSPS) is 16.1. The van der Waals surface area contributed by atoms with E-state index in [1.54, 1.807) is 6.07 Å². The average molecular weight is 424 g/mol. The summed E-state index contributed by atoms with van der Waals surface area (Å²) in [4.78, 5) is 0. The van der Waals surface area contributed by atoms with Crippen LogP contribution in [0.5, 0.6) is 5.75 Å². The minimum absolute atomic E-state index is 0.00863. The molecule has 2 heterocycles. The third kappa shape index (κ3) is 3.20. The third-order valence-electron chi connectivity index (χ3n) is 4.98. The predicted molar refractivity (Wildman–Crippen MR) is 114 cm³/mol. The molecule has 2 N–H and O–H groups in total. The van der Waals surface area contributed by atoms with Crippen LogP contribution in [0.2, 0.25) is 10.0 Å². The molecule has 0 bridgehead atoms. The third-order valence-corrected chi connectivity index (χ3v) is 5.49. The first-order chi connectivity index (χ1) is 14.1. The first kappa shape index (κ1) is 18.0. The lowest BCUT2D eigenvalue weighted by atomic mass is 9.98. The van der Waals surface area contributed by atoms with Gasteiger partial charge in [-0.15, -0.1) is 5.10 Å². The van der Waals surface area contributed by atoms with Gasteiger partial charge in [-0.1, -0.05) is 52.7 Å². The summed E-state index contributed by atoms with van der Waals surface area (Å²) >= 11 is 12.1. The van der Waals surface area contributed by atoms with Gasteiger partial charge in [0.2, 0.25) is 0 Å². The lowest BCUT2D eigenvalue weighted by molar-refractivity contribution is 0.474. The molecule has 5 rings (SSSR count). The molecule has 0 amide bonds. The van der Waals surface area contributed by atoms with E-state index in [-0.39, 0.29) is 16.8 Å². The van der Waals surface area contributed by atoms with Crippen LogP contribution >= 0.6 is 23.2 Å². The van der Waals surface area contributed by atoms with Gasteiger partial charge in [0.25, 0.3) is 0 Å². The standard InChI is InChI=1S/C21H15Cl2N5O/c22-13-9-15(21(29)16(23)10-13)19-11-18(24-25-19)12-5-7-14(8-6-12)28-20-4-2-1-3-17(20)26-27-28/h1-10,18,24,29H,11H2. The molecule has 1 unspecified atom stereocenters. The van der Waals surface area contributed by atoms with Crippen LogP contribution in [0.3, 0.4) is 0 Å². The van der Waals surface area contributed by atoms with Gasteiger partial charge >= 0.3 is 0 Å². The maximum Gasteiger partial charge on any atom is 0.143 e. The van der Waals surface area contributed by atoms with Gasteiger partial charge in [0.1, 0.15) is 11.3 Å². The van der Waals surface area contributed by atoms with Gasteiger partial charge in [-0.25, -0.2) is 4.68 Å². The molecule has 1 aromatic heterocycles. The van der Waals surface area contributed by atoms with Crippen molar-refractivity contribution in [2.24, 2.45) is 5.10 Å². The van der Waals surface area contributed by atoms with Gasteiger partial charge < -0.3 is 10.5 Å². The molecule has 8 heteroatoms. The fraction of sp³-hybridized carbons (Fsp3) is 0.0952. The number of hydrogen-bond acceptors (Lipinski definition) is 5. The number of rotatable bonds is 3. The van der Waals surface area contributed by atoms with Crippen molar-refractivity contribution in [3.8, 4) is 11.4 Å². The molecular formula is C21H15Cl2N5O. The minimum atomic E-state index is -0.0105. The molecule has 1 aliphatic rings. The monoisotopic (exact) mass is 423 g/mol. The molecule has 6 nitrogen and oxygen atoms in total. The highest BCUT2D eigenvalue weighted by atomic mass is 35.5. The predicted octanol–water partition coefficient (Wildman–Crippen LogP) is 4.87. The lowest BCUT2D eigenvalue weighted by Crippen LogP contribution is -2.10. The first-order valence-electron chi connectivity index (χ1n) is 9.01. The highest BCUT2D eigenvalue weighted by Gasteiger charge is 2.24. The van der Waals surface area contributed by atoms with Crippen molar-refractivity contribution in [1.29, 1.82) is 0 Å². The largest absolute Gasteiger partial charge is 0.506 e. The number of aromatic hydroxyl groups is 1. The lowest BCUT2D eigenvalue weighted by Gasteiger charge is -2.12. The molecule has 3 aromatic carbocycles. The van der Waals surface area contributed by atoms with Gasteiger partial charge in [0.05, 0.1) is 28.0 Å². The highest BCUT2D eigenvalue weighted by Crippen LogP contribution is 2.35. The van der Waals surface area contributed by atoms with E-state index in [9.17, 15) is 5.11 Å². The molecule has 0 aliphatic carbocycles. The zero-order valence-corrected chi connectivity index (χ0v) is 16.6. The molecule has 0 spiro atoms. The summed E-state index contributed by atoms with van der Waals surface area (Å²) in [6.45, 7) is 0. The Kier molecular flexibility index (Phi) is 4.38. The van der Waals surface area contributed by atoms with E-state index < -0.39 is 0 Å². The van der Waals surface area contributed by atoms with E-state index in [1.807, 2.05) is 53.2 Å². The van der Waals surface area contributed by atoms with E-state index in [0.29, 0.717) is 22.7 Å². The second-order valence-electron chi connectivity index (χ2n) is 6.81. The second-order valence-corrected chi connectivity index (χ2v) is 7.65. The van der Waals surface area contributed by atoms with E-state index >= 15 is 0 Å². The number of nitrogens with one attached hydrogen (secondary N) is 1. The van der Waals surface area contributed by atoms with Crippen LogP contribution in [0.25, 0.3) is 16.7 Å². The number of phenolic OH excluding ortho intramolecular Hbond substituents is 1. The second kappa shape index (κ2) is 7.06. The van der Waals surface area contributed by atoms with Crippen LogP contribution in [0, 0.1) is 0 Å². The van der Waals surface area contributed by atoms with Crippen molar-refractivity contribution in [3.63, 3.8) is 0 Å². The van der Waals surface area contributed by atoms with E-state index in [1.165, 1.54) is 6.07 Å². The van der Waals surface area contributed by atoms with Crippen molar-refractivity contribution in [2.45, 2.75) is 12.5 Å². The Morgan fingerprint density at radius 2 is 1.83 bits per heavy atom. The fourth-order valence-corrected chi connectivity index (χ4v) is 3.99. The highest BCUT2D eigenvalue weighted by molar-refractivity contribution is 6.36. The Labute approximate surface area is 176 Å². The number of fused-ring (bicyclic) bond motifs is 1. The molecule has 144 valence electrons. The van der Waals surface area contributed by atoms with E-state index in [2.05, 4.69) is 20.8 Å². The number of hydrogen-bond donors (Lipinski definition) is 2. The molecule has 0 saturated carbocycles. The van der Waals surface area contributed by atoms with Crippen LogP contribution in [-0.4, -0.2) is 25.8 Å². The van der Waals surface area contributed by atoms with Crippen molar-refractivity contribution >= 4 is 39.9 Å². The molecule has 29 heavy (non-hydrogen) atoms. The van der Waals surface area contributed by atoms with Gasteiger partial charge in [-0.05, 0) is 42.0 Å². The SMILES string of the molecule is Oc1c(Cl)cc(Cl)cc1C1=NNC(c2ccc(-n3nnc4ccccc43)cc2)C1. The van der Waals surface area contributed by atoms with E-state index in [0.717, 1.165) is 22.3 Å². The van der Waals surface area contributed by atoms with Crippen molar-refractivity contribution in [1.82, 2.24) is 20.4 Å². The number of hydrazone groups is 1. The number of nitrogens with zero attached hydrogens (tertiary/aromatic N) is 4. The summed E-state index contributed by atoms with van der Waals surface area (Å²) in [5, 5.41) is 23.7. The zero-order valence-electron chi connectivity index (χ0n) is 15.0. The average Bonchev–Trinajstić information content (AvgIpc) is 3.38. The number of halogens is 2. The number of para-hydroxylation sites is 1. The molecule has 0 fully saturated rings. The smallest absolute Gasteiger partial charge is 0.143 e. The van der Waals surface area contributed by atoms with Crippen molar-refractivity contribution in [2.75, 3.05) is 0 Å². The Balaban J connectivity index is 1.38. The molecule has 1 aliphatic heterocycles. The number of aromatic nitrogens is 3. The van der Waals surface area contributed by atoms with Gasteiger partial charge in [0, 0.05) is 17.0 Å². The summed E-state index contributed by atoms with van der Waals surface area (Å²) < 4.78 is 1.81. The van der Waals surface area contributed by atoms with Crippen LogP contribution in [-0.2, 0) is 0 Å². The van der Waals surface area contributed by atoms with Gasteiger partial charge in [-0.2, -0.15) is 5.10 Å². The first-order valence-corrected chi connectivity index (χ1v) is 9.77. The van der Waals surface area contributed by atoms with Crippen LogP contribution in [0.4, 0.5) is 0 Å². The summed E-state index contributed by atoms with van der Waals surface area (Å²) in [6, 6.07) is 19.1. The Morgan fingerprint density at radius 3 is 2.66 bits per heavy atom. The minimum Gasteiger partial charge on any atom is -0.506 e. The molecular weight excluding hydrogens is 409 g/mol. The molecule has 0 radical (unpaired) electrons. The van der Waals surface area contributed by atoms with Gasteiger partial charge in [-0.3, -0.25) is 0 Å². The molecule has 0 saturated heterocycles. The Morgan fingerprint density at radius 1 is 1.03 bits per heavy atom. The van der Waals surface area contributed by atoms with Crippen molar-refractivity contribution < 1.29 is 5.11 Å². The Hall–Kier alpha value is -3.09.